The van der Waals surface area contributed by atoms with Gasteiger partial charge in [-0.2, -0.15) is 10.1 Å². The van der Waals surface area contributed by atoms with E-state index in [0.29, 0.717) is 11.6 Å². The second-order valence-corrected chi connectivity index (χ2v) is 6.96. The molecule has 136 valence electrons. The number of amides is 1. The third kappa shape index (κ3) is 2.97. The third-order valence-electron chi connectivity index (χ3n) is 5.20. The van der Waals surface area contributed by atoms with Gasteiger partial charge in [-0.15, -0.1) is 0 Å². The average Bonchev–Trinajstić information content (AvgIpc) is 3.21. The Hall–Kier alpha value is -3.14. The highest BCUT2D eigenvalue weighted by atomic mass is 16.2. The van der Waals surface area contributed by atoms with Gasteiger partial charge in [0.25, 0.3) is 5.91 Å². The van der Waals surface area contributed by atoms with Gasteiger partial charge in [-0.25, -0.2) is 0 Å². The molecule has 1 aliphatic rings. The zero-order chi connectivity index (χ0) is 19.0. The number of fused-ring (bicyclic) bond motifs is 1. The molecule has 1 aromatic heterocycles. The van der Waals surface area contributed by atoms with Crippen molar-refractivity contribution in [2.24, 2.45) is 5.10 Å². The first-order valence-electron chi connectivity index (χ1n) is 9.36. The summed E-state index contributed by atoms with van der Waals surface area (Å²) < 4.78 is 2.29. The Labute approximate surface area is 159 Å². The Kier molecular flexibility index (Phi) is 4.40. The number of hydrogen-bond donors (Lipinski definition) is 0. The first-order valence-corrected chi connectivity index (χ1v) is 9.36. The summed E-state index contributed by atoms with van der Waals surface area (Å²) in [5.74, 6) is -0.0842. The van der Waals surface area contributed by atoms with Gasteiger partial charge in [0.2, 0.25) is 0 Å². The van der Waals surface area contributed by atoms with Crippen LogP contribution in [0.1, 0.15) is 38.8 Å². The first kappa shape index (κ1) is 17.3. The van der Waals surface area contributed by atoms with E-state index in [1.54, 1.807) is 0 Å². The lowest BCUT2D eigenvalue weighted by atomic mass is 10.1. The number of carbonyl (C=O) groups is 1. The van der Waals surface area contributed by atoms with E-state index in [9.17, 15) is 4.79 Å². The predicted molar refractivity (Wildman–Crippen MR) is 112 cm³/mol. The van der Waals surface area contributed by atoms with E-state index in [4.69, 9.17) is 0 Å². The summed E-state index contributed by atoms with van der Waals surface area (Å²) in [7, 11) is 0. The Morgan fingerprint density at radius 1 is 1.07 bits per heavy atom. The Morgan fingerprint density at radius 3 is 2.52 bits per heavy atom. The van der Waals surface area contributed by atoms with Crippen LogP contribution in [-0.4, -0.2) is 16.2 Å². The van der Waals surface area contributed by atoms with Gasteiger partial charge in [-0.3, -0.25) is 4.79 Å². The SMILES string of the molecule is CC[C@@H](C)n1cc(/C=C2/C(=O)N(c3ccccc3)N=C2C)c2ccccc21. The summed E-state index contributed by atoms with van der Waals surface area (Å²) >= 11 is 0. The molecule has 4 nitrogen and oxygen atoms in total. The van der Waals surface area contributed by atoms with Crippen LogP contribution in [0.4, 0.5) is 5.69 Å². The largest absolute Gasteiger partial charge is 0.344 e. The lowest BCUT2D eigenvalue weighted by Crippen LogP contribution is -2.21. The van der Waals surface area contributed by atoms with Crippen molar-refractivity contribution < 1.29 is 4.79 Å². The molecular weight excluding hydrogens is 334 g/mol. The average molecular weight is 357 g/mol. The number of rotatable bonds is 4. The Morgan fingerprint density at radius 2 is 1.78 bits per heavy atom. The second kappa shape index (κ2) is 6.88. The molecule has 3 aromatic rings. The number of aromatic nitrogens is 1. The van der Waals surface area contributed by atoms with Crippen LogP contribution in [0, 0.1) is 0 Å². The second-order valence-electron chi connectivity index (χ2n) is 6.96. The summed E-state index contributed by atoms with van der Waals surface area (Å²) in [6, 6.07) is 18.3. The van der Waals surface area contributed by atoms with E-state index < -0.39 is 0 Å². The molecule has 4 heteroatoms. The number of para-hydroxylation sites is 2. The minimum Gasteiger partial charge on any atom is -0.344 e. The van der Waals surface area contributed by atoms with E-state index in [1.807, 2.05) is 49.4 Å². The number of anilines is 1. The first-order chi connectivity index (χ1) is 13.1. The molecule has 2 heterocycles. The van der Waals surface area contributed by atoms with E-state index in [-0.39, 0.29) is 5.91 Å². The van der Waals surface area contributed by atoms with E-state index in [0.717, 1.165) is 28.8 Å². The zero-order valence-corrected chi connectivity index (χ0v) is 15.9. The number of nitrogens with zero attached hydrogens (tertiary/aromatic N) is 3. The molecule has 0 saturated heterocycles. The lowest BCUT2D eigenvalue weighted by Gasteiger charge is -2.12. The smallest absolute Gasteiger partial charge is 0.280 e. The van der Waals surface area contributed by atoms with Gasteiger partial charge < -0.3 is 4.57 Å². The molecule has 0 spiro atoms. The van der Waals surface area contributed by atoms with Crippen LogP contribution in [0.3, 0.4) is 0 Å². The summed E-state index contributed by atoms with van der Waals surface area (Å²) in [4.78, 5) is 13.0. The van der Waals surface area contributed by atoms with Gasteiger partial charge in [-0.1, -0.05) is 43.3 Å². The fourth-order valence-corrected chi connectivity index (χ4v) is 3.49. The highest BCUT2D eigenvalue weighted by Crippen LogP contribution is 2.30. The zero-order valence-electron chi connectivity index (χ0n) is 15.9. The molecule has 0 unspecified atom stereocenters. The minimum atomic E-state index is -0.0842. The molecule has 0 saturated carbocycles. The normalized spacial score (nSPS) is 17.0. The van der Waals surface area contributed by atoms with Crippen molar-refractivity contribution in [3.05, 3.63) is 71.9 Å². The van der Waals surface area contributed by atoms with Crippen molar-refractivity contribution in [2.45, 2.75) is 33.2 Å². The van der Waals surface area contributed by atoms with Gasteiger partial charge >= 0.3 is 0 Å². The van der Waals surface area contributed by atoms with Crippen molar-refractivity contribution in [1.82, 2.24) is 4.57 Å². The van der Waals surface area contributed by atoms with Crippen molar-refractivity contribution in [3.8, 4) is 0 Å². The van der Waals surface area contributed by atoms with Gasteiger partial charge in [0.05, 0.1) is 17.0 Å². The number of benzene rings is 2. The molecule has 2 aromatic carbocycles. The van der Waals surface area contributed by atoms with Crippen molar-refractivity contribution >= 4 is 34.3 Å². The van der Waals surface area contributed by atoms with Crippen LogP contribution < -0.4 is 5.01 Å². The summed E-state index contributed by atoms with van der Waals surface area (Å²) in [5.41, 5.74) is 4.42. The number of hydrazone groups is 1. The molecule has 4 rings (SSSR count). The van der Waals surface area contributed by atoms with Crippen molar-refractivity contribution in [2.75, 3.05) is 5.01 Å². The molecule has 0 radical (unpaired) electrons. The van der Waals surface area contributed by atoms with Crippen LogP contribution in [-0.2, 0) is 4.79 Å². The molecule has 1 amide bonds. The molecule has 0 aliphatic carbocycles. The molecule has 1 aliphatic heterocycles. The standard InChI is InChI=1S/C23H23N3O/c1-4-16(2)25-15-18(20-12-8-9-13-22(20)25)14-21-17(3)24-26(23(21)27)19-10-6-5-7-11-19/h5-16H,4H2,1-3H3/b21-14+/t16-/m1/s1. The van der Waals surface area contributed by atoms with Gasteiger partial charge in [-0.05, 0) is 44.5 Å². The lowest BCUT2D eigenvalue weighted by molar-refractivity contribution is -0.114. The fourth-order valence-electron chi connectivity index (χ4n) is 3.49. The molecule has 1 atom stereocenters. The topological polar surface area (TPSA) is 37.6 Å². The summed E-state index contributed by atoms with van der Waals surface area (Å²) in [6.45, 7) is 6.29. The molecule has 0 bridgehead atoms. The van der Waals surface area contributed by atoms with Crippen LogP contribution in [0.5, 0.6) is 0 Å². The predicted octanol–water partition coefficient (Wildman–Crippen LogP) is 5.42. The van der Waals surface area contributed by atoms with Crippen LogP contribution in [0.2, 0.25) is 0 Å². The van der Waals surface area contributed by atoms with Crippen molar-refractivity contribution in [3.63, 3.8) is 0 Å². The van der Waals surface area contributed by atoms with Gasteiger partial charge in [0.15, 0.2) is 0 Å². The van der Waals surface area contributed by atoms with Crippen LogP contribution in [0.15, 0.2) is 71.5 Å². The number of carbonyl (C=O) groups excluding carboxylic acids is 1. The monoisotopic (exact) mass is 357 g/mol. The van der Waals surface area contributed by atoms with Crippen molar-refractivity contribution in [1.29, 1.82) is 0 Å². The van der Waals surface area contributed by atoms with Gasteiger partial charge in [0, 0.05) is 28.7 Å². The minimum absolute atomic E-state index is 0.0842. The maximum absolute atomic E-state index is 13.0. The molecular formula is C23H23N3O. The number of hydrogen-bond acceptors (Lipinski definition) is 2. The maximum Gasteiger partial charge on any atom is 0.280 e. The Bertz CT molecular complexity index is 1060. The molecule has 27 heavy (non-hydrogen) atoms. The van der Waals surface area contributed by atoms with E-state index in [1.165, 1.54) is 10.5 Å². The summed E-state index contributed by atoms with van der Waals surface area (Å²) in [6.07, 6.45) is 5.18. The highest BCUT2D eigenvalue weighted by molar-refractivity contribution is 6.32. The third-order valence-corrected chi connectivity index (χ3v) is 5.20. The maximum atomic E-state index is 13.0. The molecule has 0 N–H and O–H groups in total. The quantitative estimate of drug-likeness (QED) is 0.575. The van der Waals surface area contributed by atoms with E-state index in [2.05, 4.69) is 47.9 Å². The van der Waals surface area contributed by atoms with Crippen LogP contribution in [0.25, 0.3) is 17.0 Å². The van der Waals surface area contributed by atoms with Crippen LogP contribution >= 0.6 is 0 Å². The Balaban J connectivity index is 1.78. The summed E-state index contributed by atoms with van der Waals surface area (Å²) in [5, 5.41) is 7.12. The fraction of sp³-hybridized carbons (Fsp3) is 0.217. The highest BCUT2D eigenvalue weighted by Gasteiger charge is 2.29. The van der Waals surface area contributed by atoms with E-state index >= 15 is 0 Å². The van der Waals surface area contributed by atoms with Gasteiger partial charge in [0.1, 0.15) is 0 Å². The molecule has 0 fully saturated rings.